The van der Waals surface area contributed by atoms with Gasteiger partial charge in [-0.05, 0) is 53.1 Å². The van der Waals surface area contributed by atoms with E-state index in [9.17, 15) is 14.3 Å². The minimum absolute atomic E-state index is 0.0151. The molecule has 3 aromatic carbocycles. The van der Waals surface area contributed by atoms with Crippen molar-refractivity contribution in [2.24, 2.45) is 0 Å². The zero-order valence-corrected chi connectivity index (χ0v) is 16.0. The highest BCUT2D eigenvalue weighted by atomic mass is 35.5. The quantitative estimate of drug-likeness (QED) is 0.465. The van der Waals surface area contributed by atoms with Crippen molar-refractivity contribution in [1.82, 2.24) is 4.98 Å². The summed E-state index contributed by atoms with van der Waals surface area (Å²) >= 11 is 7.29. The maximum Gasteiger partial charge on any atom is 0.258 e. The van der Waals surface area contributed by atoms with E-state index in [1.165, 1.54) is 23.5 Å². The van der Waals surface area contributed by atoms with Crippen LogP contribution in [-0.2, 0) is 6.61 Å². The average Bonchev–Trinajstić information content (AvgIpc) is 3.09. The third-order valence-corrected chi connectivity index (χ3v) is 5.47. The summed E-state index contributed by atoms with van der Waals surface area (Å²) in [5.74, 6) is -0.945. The van der Waals surface area contributed by atoms with Gasteiger partial charge in [0.2, 0.25) is 0 Å². The molecule has 0 atom stereocenters. The number of aliphatic hydroxyl groups is 1. The number of halogens is 2. The van der Waals surface area contributed by atoms with Gasteiger partial charge in [0.1, 0.15) is 5.82 Å². The fourth-order valence-corrected chi connectivity index (χ4v) is 4.00. The smallest absolute Gasteiger partial charge is 0.258 e. The summed E-state index contributed by atoms with van der Waals surface area (Å²) in [4.78, 5) is 16.8. The molecule has 0 radical (unpaired) electrons. The molecule has 0 saturated heterocycles. The third-order valence-electron chi connectivity index (χ3n) is 4.23. The molecule has 0 aliphatic carbocycles. The van der Waals surface area contributed by atoms with Gasteiger partial charge in [0.15, 0.2) is 5.13 Å². The molecule has 1 amide bonds. The number of benzene rings is 3. The zero-order chi connectivity index (χ0) is 19.7. The number of carbonyl (C=O) groups excluding carboxylic acids is 1. The summed E-state index contributed by atoms with van der Waals surface area (Å²) < 4.78 is 14.1. The second kappa shape index (κ2) is 7.67. The fraction of sp³-hybridized carbons (Fsp3) is 0.0476. The molecule has 0 aliphatic rings. The lowest BCUT2D eigenvalue weighted by molar-refractivity contribution is 0.102. The average molecular weight is 413 g/mol. The van der Waals surface area contributed by atoms with E-state index in [2.05, 4.69) is 10.3 Å². The number of aliphatic hydroxyl groups excluding tert-OH is 1. The van der Waals surface area contributed by atoms with Crippen LogP contribution in [0.25, 0.3) is 21.3 Å². The third kappa shape index (κ3) is 3.75. The molecule has 7 heteroatoms. The van der Waals surface area contributed by atoms with Crippen molar-refractivity contribution in [2.75, 3.05) is 5.32 Å². The molecule has 1 aromatic heterocycles. The molecule has 4 nitrogen and oxygen atoms in total. The van der Waals surface area contributed by atoms with E-state index in [1.54, 1.807) is 0 Å². The number of fused-ring (bicyclic) bond motifs is 1. The first-order valence-electron chi connectivity index (χ1n) is 8.40. The van der Waals surface area contributed by atoms with Crippen molar-refractivity contribution in [3.05, 3.63) is 82.6 Å². The van der Waals surface area contributed by atoms with Gasteiger partial charge in [-0.25, -0.2) is 9.37 Å². The van der Waals surface area contributed by atoms with Crippen LogP contribution in [0.4, 0.5) is 9.52 Å². The number of hydrogen-bond donors (Lipinski definition) is 2. The molecular formula is C21H14ClFN2O2S. The Hall–Kier alpha value is -2.80. The Balaban J connectivity index is 1.62. The molecule has 140 valence electrons. The van der Waals surface area contributed by atoms with Crippen LogP contribution in [0.15, 0.2) is 60.7 Å². The Morgan fingerprint density at radius 1 is 1.11 bits per heavy atom. The minimum Gasteiger partial charge on any atom is -0.392 e. The zero-order valence-electron chi connectivity index (χ0n) is 14.4. The molecule has 0 bridgehead atoms. The lowest BCUT2D eigenvalue weighted by Crippen LogP contribution is -2.12. The summed E-state index contributed by atoms with van der Waals surface area (Å²) in [5, 5.41) is 12.5. The Bertz CT molecular complexity index is 1190. The van der Waals surface area contributed by atoms with Crippen LogP contribution in [0, 0.1) is 5.82 Å². The second-order valence-corrected chi connectivity index (χ2v) is 7.58. The van der Waals surface area contributed by atoms with Gasteiger partial charge in [0.25, 0.3) is 5.91 Å². The largest absolute Gasteiger partial charge is 0.392 e. The molecule has 4 rings (SSSR count). The summed E-state index contributed by atoms with van der Waals surface area (Å²) in [6.07, 6.45) is 0. The van der Waals surface area contributed by atoms with Gasteiger partial charge in [0, 0.05) is 0 Å². The predicted molar refractivity (Wildman–Crippen MR) is 110 cm³/mol. The highest BCUT2D eigenvalue weighted by molar-refractivity contribution is 7.22. The number of amides is 1. The fourth-order valence-electron chi connectivity index (χ4n) is 2.84. The van der Waals surface area contributed by atoms with Crippen LogP contribution in [0.3, 0.4) is 0 Å². The number of nitrogens with one attached hydrogen (secondary N) is 1. The number of hydrogen-bond acceptors (Lipinski definition) is 4. The first-order valence-corrected chi connectivity index (χ1v) is 9.60. The minimum atomic E-state index is -0.501. The van der Waals surface area contributed by atoms with Gasteiger partial charge in [-0.3, -0.25) is 10.1 Å². The Morgan fingerprint density at radius 3 is 2.71 bits per heavy atom. The van der Waals surface area contributed by atoms with Gasteiger partial charge in [-0.2, -0.15) is 0 Å². The molecule has 1 heterocycles. The van der Waals surface area contributed by atoms with Crippen LogP contribution in [-0.4, -0.2) is 16.0 Å². The van der Waals surface area contributed by atoms with E-state index in [1.807, 2.05) is 42.5 Å². The highest BCUT2D eigenvalue weighted by Crippen LogP contribution is 2.31. The van der Waals surface area contributed by atoms with Gasteiger partial charge in [-0.15, -0.1) is 0 Å². The van der Waals surface area contributed by atoms with E-state index >= 15 is 0 Å². The normalized spacial score (nSPS) is 11.0. The van der Waals surface area contributed by atoms with E-state index in [-0.39, 0.29) is 17.2 Å². The first kappa shape index (κ1) is 18.6. The number of aromatic nitrogens is 1. The molecular weight excluding hydrogens is 399 g/mol. The van der Waals surface area contributed by atoms with Crippen molar-refractivity contribution in [1.29, 1.82) is 0 Å². The lowest BCUT2D eigenvalue weighted by atomic mass is 10.0. The van der Waals surface area contributed by atoms with Crippen molar-refractivity contribution < 1.29 is 14.3 Å². The maximum atomic E-state index is 13.2. The molecule has 0 aliphatic heterocycles. The molecule has 0 spiro atoms. The van der Waals surface area contributed by atoms with E-state index in [4.69, 9.17) is 11.6 Å². The molecule has 0 fully saturated rings. The summed E-state index contributed by atoms with van der Waals surface area (Å²) in [7, 11) is 0. The van der Waals surface area contributed by atoms with Crippen LogP contribution >= 0.6 is 22.9 Å². The Labute approximate surface area is 169 Å². The van der Waals surface area contributed by atoms with Crippen molar-refractivity contribution in [2.45, 2.75) is 6.61 Å². The van der Waals surface area contributed by atoms with E-state index < -0.39 is 11.7 Å². The maximum absolute atomic E-state index is 13.2. The van der Waals surface area contributed by atoms with Crippen molar-refractivity contribution >= 4 is 44.2 Å². The molecule has 28 heavy (non-hydrogen) atoms. The van der Waals surface area contributed by atoms with Crippen LogP contribution in [0.2, 0.25) is 5.02 Å². The second-order valence-electron chi connectivity index (χ2n) is 6.14. The number of carbonyl (C=O) groups is 1. The van der Waals surface area contributed by atoms with Crippen LogP contribution in [0.1, 0.15) is 15.9 Å². The van der Waals surface area contributed by atoms with Gasteiger partial charge in [0.05, 0.1) is 27.4 Å². The SMILES string of the molecule is O=C(Nc1nc2ccc(-c3cccc(CO)c3)cc2s1)c1ccc(F)cc1Cl. The predicted octanol–water partition coefficient (Wildman–Crippen LogP) is 5.50. The first-order chi connectivity index (χ1) is 13.5. The molecule has 2 N–H and O–H groups in total. The number of nitrogens with zero attached hydrogens (tertiary/aromatic N) is 1. The van der Waals surface area contributed by atoms with Gasteiger partial charge >= 0.3 is 0 Å². The number of rotatable bonds is 4. The monoisotopic (exact) mass is 412 g/mol. The Kier molecular flexibility index (Phi) is 5.09. The number of thiazole rings is 1. The topological polar surface area (TPSA) is 62.2 Å². The summed E-state index contributed by atoms with van der Waals surface area (Å²) in [6, 6.07) is 17.1. The van der Waals surface area contributed by atoms with Crippen LogP contribution < -0.4 is 5.32 Å². The Morgan fingerprint density at radius 2 is 1.93 bits per heavy atom. The van der Waals surface area contributed by atoms with Crippen molar-refractivity contribution in [3.63, 3.8) is 0 Å². The number of anilines is 1. The van der Waals surface area contributed by atoms with Crippen molar-refractivity contribution in [3.8, 4) is 11.1 Å². The summed E-state index contributed by atoms with van der Waals surface area (Å²) in [6.45, 7) is -0.0151. The van der Waals surface area contributed by atoms with Gasteiger partial charge < -0.3 is 5.11 Å². The molecule has 0 unspecified atom stereocenters. The van der Waals surface area contributed by atoms with E-state index in [0.717, 1.165) is 33.0 Å². The van der Waals surface area contributed by atoms with Crippen LogP contribution in [0.5, 0.6) is 0 Å². The standard InChI is InChI=1S/C21H14ClFN2O2S/c22-17-10-15(23)5-6-16(17)20(27)25-21-24-18-7-4-14(9-19(18)28-21)13-3-1-2-12(8-13)11-26/h1-10,26H,11H2,(H,24,25,27). The highest BCUT2D eigenvalue weighted by Gasteiger charge is 2.14. The summed E-state index contributed by atoms with van der Waals surface area (Å²) in [5.41, 5.74) is 3.76. The molecule has 4 aromatic rings. The van der Waals surface area contributed by atoms with E-state index in [0.29, 0.717) is 5.13 Å². The lowest BCUT2D eigenvalue weighted by Gasteiger charge is -2.03. The molecule has 0 saturated carbocycles. The van der Waals surface area contributed by atoms with Gasteiger partial charge in [-0.1, -0.05) is 47.2 Å².